The Morgan fingerprint density at radius 1 is 1.43 bits per heavy atom. The first kappa shape index (κ1) is 12.1. The van der Waals surface area contributed by atoms with Crippen molar-refractivity contribution in [3.8, 4) is 0 Å². The van der Waals surface area contributed by atoms with Crippen LogP contribution in [0.2, 0.25) is 10.0 Å². The van der Waals surface area contributed by atoms with Crippen LogP contribution in [0.15, 0.2) is 16.6 Å². The maximum Gasteiger partial charge on any atom is 0.0722 e. The van der Waals surface area contributed by atoms with E-state index in [0.717, 1.165) is 10.2 Å². The molecule has 1 aromatic carbocycles. The van der Waals surface area contributed by atoms with Crippen molar-refractivity contribution < 1.29 is 0 Å². The van der Waals surface area contributed by atoms with E-state index < -0.39 is 0 Å². The van der Waals surface area contributed by atoms with Crippen molar-refractivity contribution >= 4 is 44.8 Å². The van der Waals surface area contributed by atoms with Gasteiger partial charge < -0.3 is 11.1 Å². The van der Waals surface area contributed by atoms with Crippen molar-refractivity contribution in [3.63, 3.8) is 0 Å². The van der Waals surface area contributed by atoms with Crippen molar-refractivity contribution in [2.45, 2.75) is 13.0 Å². The molecule has 0 spiro atoms. The van der Waals surface area contributed by atoms with Crippen molar-refractivity contribution in [2.75, 3.05) is 11.9 Å². The van der Waals surface area contributed by atoms with E-state index in [2.05, 4.69) is 21.2 Å². The number of hydrogen-bond acceptors (Lipinski definition) is 2. The highest BCUT2D eigenvalue weighted by molar-refractivity contribution is 9.10. The Morgan fingerprint density at radius 2 is 1.93 bits per heavy atom. The average Bonchev–Trinajstić information content (AvgIpc) is 2.10. The van der Waals surface area contributed by atoms with Gasteiger partial charge in [-0.25, -0.2) is 0 Å². The van der Waals surface area contributed by atoms with Crippen molar-refractivity contribution in [3.05, 3.63) is 26.7 Å². The number of benzene rings is 1. The lowest BCUT2D eigenvalue weighted by molar-refractivity contribution is 0.804. The summed E-state index contributed by atoms with van der Waals surface area (Å²) >= 11 is 15.3. The molecule has 0 radical (unpaired) electrons. The second-order valence-corrected chi connectivity index (χ2v) is 4.76. The summed E-state index contributed by atoms with van der Waals surface area (Å²) in [5, 5.41) is 4.32. The monoisotopic (exact) mass is 296 g/mol. The van der Waals surface area contributed by atoms with E-state index in [0.29, 0.717) is 16.6 Å². The van der Waals surface area contributed by atoms with Gasteiger partial charge in [0.1, 0.15) is 0 Å². The molecule has 0 saturated heterocycles. The largest absolute Gasteiger partial charge is 0.379 e. The van der Waals surface area contributed by atoms with Crippen molar-refractivity contribution in [2.24, 2.45) is 5.73 Å². The molecule has 0 aromatic heterocycles. The van der Waals surface area contributed by atoms with Crippen LogP contribution in [0.1, 0.15) is 6.92 Å². The van der Waals surface area contributed by atoms with E-state index >= 15 is 0 Å². The van der Waals surface area contributed by atoms with Crippen LogP contribution in [0.4, 0.5) is 5.69 Å². The molecule has 1 rings (SSSR count). The maximum atomic E-state index is 6.02. The molecule has 1 aromatic rings. The summed E-state index contributed by atoms with van der Waals surface area (Å²) in [6, 6.07) is 3.73. The molecule has 0 saturated carbocycles. The van der Waals surface area contributed by atoms with Gasteiger partial charge in [-0.2, -0.15) is 0 Å². The lowest BCUT2D eigenvalue weighted by atomic mass is 10.2. The van der Waals surface area contributed by atoms with Crippen LogP contribution < -0.4 is 11.1 Å². The summed E-state index contributed by atoms with van der Waals surface area (Å²) in [7, 11) is 0. The number of anilines is 1. The molecule has 0 bridgehead atoms. The second kappa shape index (κ2) is 5.21. The van der Waals surface area contributed by atoms with E-state index in [1.807, 2.05) is 6.92 Å². The highest BCUT2D eigenvalue weighted by Gasteiger charge is 2.09. The van der Waals surface area contributed by atoms with Gasteiger partial charge in [0.25, 0.3) is 0 Å². The fourth-order valence-corrected chi connectivity index (χ4v) is 2.30. The first-order valence-corrected chi connectivity index (χ1v) is 5.70. The van der Waals surface area contributed by atoms with Gasteiger partial charge in [-0.05, 0) is 19.1 Å². The zero-order valence-electron chi connectivity index (χ0n) is 7.65. The molecule has 2 nitrogen and oxygen atoms in total. The van der Waals surface area contributed by atoms with Gasteiger partial charge in [0.2, 0.25) is 0 Å². The predicted molar refractivity (Wildman–Crippen MR) is 66.3 cm³/mol. The smallest absolute Gasteiger partial charge is 0.0722 e. The van der Waals surface area contributed by atoms with Crippen LogP contribution in [0.25, 0.3) is 0 Å². The van der Waals surface area contributed by atoms with Crippen molar-refractivity contribution in [1.82, 2.24) is 0 Å². The fourth-order valence-electron chi connectivity index (χ4n) is 0.985. The number of nitrogens with two attached hydrogens (primary N) is 1. The van der Waals surface area contributed by atoms with Crippen LogP contribution in [0.5, 0.6) is 0 Å². The quantitative estimate of drug-likeness (QED) is 0.896. The number of halogens is 3. The zero-order valence-corrected chi connectivity index (χ0v) is 10.7. The Labute approximate surface area is 102 Å². The molecule has 1 unspecified atom stereocenters. The lowest BCUT2D eigenvalue weighted by Crippen LogP contribution is -2.25. The van der Waals surface area contributed by atoms with Gasteiger partial charge >= 0.3 is 0 Å². The number of rotatable bonds is 3. The standard InChI is InChI=1S/C9H11BrCl2N2/c1-5(4-13)14-9-7(11)2-6(10)3-8(9)12/h2-3,5,14H,4,13H2,1H3. The number of nitrogens with one attached hydrogen (secondary N) is 1. The van der Waals surface area contributed by atoms with E-state index in [4.69, 9.17) is 28.9 Å². The minimum absolute atomic E-state index is 0.145. The Bertz CT molecular complexity index is 308. The zero-order chi connectivity index (χ0) is 10.7. The van der Waals surface area contributed by atoms with Gasteiger partial charge in [-0.3, -0.25) is 0 Å². The van der Waals surface area contributed by atoms with E-state index in [1.165, 1.54) is 0 Å². The fraction of sp³-hybridized carbons (Fsp3) is 0.333. The molecular formula is C9H11BrCl2N2. The normalized spacial score (nSPS) is 12.6. The van der Waals surface area contributed by atoms with Crippen LogP contribution in [-0.2, 0) is 0 Å². The van der Waals surface area contributed by atoms with E-state index in [-0.39, 0.29) is 6.04 Å². The number of hydrogen-bond donors (Lipinski definition) is 2. The Balaban J connectivity index is 2.96. The van der Waals surface area contributed by atoms with Gasteiger partial charge in [-0.1, -0.05) is 39.1 Å². The van der Waals surface area contributed by atoms with Gasteiger partial charge in [0, 0.05) is 17.1 Å². The van der Waals surface area contributed by atoms with Gasteiger partial charge in [0.15, 0.2) is 0 Å². The SMILES string of the molecule is CC(CN)Nc1c(Cl)cc(Br)cc1Cl. The molecule has 5 heteroatoms. The summed E-state index contributed by atoms with van der Waals surface area (Å²) in [6.07, 6.45) is 0. The van der Waals surface area contributed by atoms with Crippen molar-refractivity contribution in [1.29, 1.82) is 0 Å². The first-order valence-electron chi connectivity index (χ1n) is 4.15. The van der Waals surface area contributed by atoms with Gasteiger partial charge in [-0.15, -0.1) is 0 Å². The molecule has 0 fully saturated rings. The second-order valence-electron chi connectivity index (χ2n) is 3.03. The average molecular weight is 298 g/mol. The molecular weight excluding hydrogens is 287 g/mol. The molecule has 0 aliphatic carbocycles. The van der Waals surface area contributed by atoms with Crippen LogP contribution >= 0.6 is 39.1 Å². The van der Waals surface area contributed by atoms with Crippen LogP contribution in [-0.4, -0.2) is 12.6 Å². The van der Waals surface area contributed by atoms with E-state index in [1.54, 1.807) is 12.1 Å². The van der Waals surface area contributed by atoms with Gasteiger partial charge in [0.05, 0.1) is 15.7 Å². The van der Waals surface area contributed by atoms with E-state index in [9.17, 15) is 0 Å². The molecule has 3 N–H and O–H groups in total. The molecule has 0 aliphatic rings. The lowest BCUT2D eigenvalue weighted by Gasteiger charge is -2.15. The minimum Gasteiger partial charge on any atom is -0.379 e. The maximum absolute atomic E-state index is 6.02. The summed E-state index contributed by atoms with van der Waals surface area (Å²) in [6.45, 7) is 2.50. The summed E-state index contributed by atoms with van der Waals surface area (Å²) in [5.41, 5.74) is 6.22. The summed E-state index contributed by atoms with van der Waals surface area (Å²) in [5.74, 6) is 0. The minimum atomic E-state index is 0.145. The highest BCUT2D eigenvalue weighted by Crippen LogP contribution is 2.34. The Morgan fingerprint density at radius 3 is 2.36 bits per heavy atom. The highest BCUT2D eigenvalue weighted by atomic mass is 79.9. The third-order valence-electron chi connectivity index (χ3n) is 1.75. The summed E-state index contributed by atoms with van der Waals surface area (Å²) < 4.78 is 0.860. The molecule has 14 heavy (non-hydrogen) atoms. The molecule has 0 heterocycles. The third-order valence-corrected chi connectivity index (χ3v) is 2.81. The molecule has 0 aliphatic heterocycles. The Kier molecular flexibility index (Phi) is 4.51. The van der Waals surface area contributed by atoms with Crippen LogP contribution in [0, 0.1) is 0 Å². The Hall–Kier alpha value is 0.0400. The first-order chi connectivity index (χ1) is 6.54. The molecule has 0 amide bonds. The topological polar surface area (TPSA) is 38.0 Å². The molecule has 1 atom stereocenters. The summed E-state index contributed by atoms with van der Waals surface area (Å²) in [4.78, 5) is 0. The third kappa shape index (κ3) is 3.02. The van der Waals surface area contributed by atoms with Crippen LogP contribution in [0.3, 0.4) is 0 Å². The molecule has 78 valence electrons. The predicted octanol–water partition coefficient (Wildman–Crippen LogP) is 3.52.